The molecule has 26 heavy (non-hydrogen) atoms. The van der Waals surface area contributed by atoms with Gasteiger partial charge in [-0.2, -0.15) is 0 Å². The summed E-state index contributed by atoms with van der Waals surface area (Å²) in [5, 5.41) is 5.88. The molecule has 1 aromatic carbocycles. The molecule has 2 N–H and O–H groups in total. The third-order valence-electron chi connectivity index (χ3n) is 5.39. The fourth-order valence-electron chi connectivity index (χ4n) is 3.94. The van der Waals surface area contributed by atoms with E-state index in [2.05, 4.69) is 10.6 Å². The molecule has 6 heteroatoms. The van der Waals surface area contributed by atoms with Crippen LogP contribution in [0.25, 0.3) is 0 Å². The topological polar surface area (TPSA) is 70.7 Å². The van der Waals surface area contributed by atoms with Crippen LogP contribution in [0.5, 0.6) is 0 Å². The number of hydrogen-bond donors (Lipinski definition) is 2. The van der Waals surface area contributed by atoms with Crippen molar-refractivity contribution in [3.05, 3.63) is 35.9 Å². The second-order valence-electron chi connectivity index (χ2n) is 7.36. The fraction of sp³-hybridized carbons (Fsp3) is 0.600. The third kappa shape index (κ3) is 4.55. The van der Waals surface area contributed by atoms with E-state index in [1.54, 1.807) is 7.05 Å². The molecule has 3 amide bonds. The van der Waals surface area contributed by atoms with Gasteiger partial charge in [0.05, 0.1) is 12.6 Å². The number of rotatable bonds is 3. The summed E-state index contributed by atoms with van der Waals surface area (Å²) in [7, 11) is 1.68. The van der Waals surface area contributed by atoms with Gasteiger partial charge in [-0.3, -0.25) is 4.79 Å². The van der Waals surface area contributed by atoms with Gasteiger partial charge < -0.3 is 20.3 Å². The molecule has 1 aliphatic carbocycles. The van der Waals surface area contributed by atoms with E-state index in [-0.39, 0.29) is 36.1 Å². The first kappa shape index (κ1) is 18.7. The zero-order valence-electron chi connectivity index (χ0n) is 15.6. The van der Waals surface area contributed by atoms with Gasteiger partial charge in [-0.1, -0.05) is 30.3 Å². The lowest BCUT2D eigenvalue weighted by Crippen LogP contribution is -2.52. The lowest BCUT2D eigenvalue weighted by Gasteiger charge is -2.38. The molecule has 0 bridgehead atoms. The molecule has 1 saturated carbocycles. The third-order valence-corrected chi connectivity index (χ3v) is 5.39. The van der Waals surface area contributed by atoms with Gasteiger partial charge in [0.2, 0.25) is 5.91 Å². The summed E-state index contributed by atoms with van der Waals surface area (Å²) in [6, 6.07) is 10.2. The number of morpholine rings is 1. The first-order valence-corrected chi connectivity index (χ1v) is 9.54. The lowest BCUT2D eigenvalue weighted by molar-refractivity contribution is -0.125. The molecule has 1 heterocycles. The Morgan fingerprint density at radius 1 is 1.08 bits per heavy atom. The van der Waals surface area contributed by atoms with Crippen LogP contribution in [0, 0.1) is 5.92 Å². The second kappa shape index (κ2) is 8.54. The highest BCUT2D eigenvalue weighted by molar-refractivity contribution is 5.78. The van der Waals surface area contributed by atoms with E-state index in [4.69, 9.17) is 4.74 Å². The lowest BCUT2D eigenvalue weighted by atomic mass is 9.85. The van der Waals surface area contributed by atoms with Gasteiger partial charge in [0.25, 0.3) is 0 Å². The number of urea groups is 1. The van der Waals surface area contributed by atoms with Crippen LogP contribution in [0.2, 0.25) is 0 Å². The Labute approximate surface area is 155 Å². The van der Waals surface area contributed by atoms with E-state index < -0.39 is 0 Å². The Kier molecular flexibility index (Phi) is 6.14. The molecule has 6 nitrogen and oxygen atoms in total. The van der Waals surface area contributed by atoms with Crippen molar-refractivity contribution < 1.29 is 14.3 Å². The van der Waals surface area contributed by atoms with Crippen molar-refractivity contribution in [2.45, 2.75) is 50.9 Å². The highest BCUT2D eigenvalue weighted by Gasteiger charge is 2.32. The molecule has 2 aliphatic rings. The van der Waals surface area contributed by atoms with E-state index >= 15 is 0 Å². The molecule has 1 saturated heterocycles. The zero-order chi connectivity index (χ0) is 18.5. The maximum Gasteiger partial charge on any atom is 0.317 e. The second-order valence-corrected chi connectivity index (χ2v) is 7.36. The molecule has 0 radical (unpaired) electrons. The van der Waals surface area contributed by atoms with Crippen molar-refractivity contribution in [2.24, 2.45) is 5.92 Å². The summed E-state index contributed by atoms with van der Waals surface area (Å²) in [5.41, 5.74) is 1.10. The van der Waals surface area contributed by atoms with Crippen molar-refractivity contribution in [1.29, 1.82) is 0 Å². The van der Waals surface area contributed by atoms with Gasteiger partial charge in [-0.05, 0) is 38.2 Å². The summed E-state index contributed by atoms with van der Waals surface area (Å²) in [6.07, 6.45) is 3.28. The van der Waals surface area contributed by atoms with E-state index in [0.29, 0.717) is 13.1 Å². The fourth-order valence-corrected chi connectivity index (χ4v) is 3.94. The van der Waals surface area contributed by atoms with Gasteiger partial charge in [-0.25, -0.2) is 4.79 Å². The van der Waals surface area contributed by atoms with Crippen LogP contribution in [-0.4, -0.2) is 49.1 Å². The average Bonchev–Trinajstić information content (AvgIpc) is 2.68. The van der Waals surface area contributed by atoms with Crippen LogP contribution in [0.1, 0.15) is 44.3 Å². The van der Waals surface area contributed by atoms with Gasteiger partial charge in [0, 0.05) is 25.6 Å². The number of ether oxygens (including phenoxy) is 1. The smallest absolute Gasteiger partial charge is 0.317 e. The molecule has 2 unspecified atom stereocenters. The minimum Gasteiger partial charge on any atom is -0.367 e. The predicted octanol–water partition coefficient (Wildman–Crippen LogP) is 2.46. The monoisotopic (exact) mass is 359 g/mol. The zero-order valence-corrected chi connectivity index (χ0v) is 15.6. The normalized spacial score (nSPS) is 29.1. The summed E-state index contributed by atoms with van der Waals surface area (Å²) in [5.74, 6) is 0.196. The maximum atomic E-state index is 12.7. The van der Waals surface area contributed by atoms with E-state index in [1.807, 2.05) is 42.2 Å². The Hall–Kier alpha value is -2.08. The Morgan fingerprint density at radius 2 is 1.77 bits per heavy atom. The number of benzene rings is 1. The number of hydrogen-bond acceptors (Lipinski definition) is 3. The van der Waals surface area contributed by atoms with Crippen molar-refractivity contribution in [2.75, 3.05) is 20.1 Å². The first-order chi connectivity index (χ1) is 12.6. The Bertz CT molecular complexity index is 614. The minimum atomic E-state index is -0.0883. The van der Waals surface area contributed by atoms with Crippen LogP contribution < -0.4 is 10.6 Å². The minimum absolute atomic E-state index is 0.00342. The van der Waals surface area contributed by atoms with Crippen molar-refractivity contribution in [3.8, 4) is 0 Å². The molecular weight excluding hydrogens is 330 g/mol. The van der Waals surface area contributed by atoms with E-state index in [0.717, 1.165) is 31.2 Å². The maximum absolute atomic E-state index is 12.7. The molecular formula is C20H29N3O3. The summed E-state index contributed by atoms with van der Waals surface area (Å²) in [6.45, 7) is 3.17. The van der Waals surface area contributed by atoms with E-state index in [1.165, 1.54) is 0 Å². The van der Waals surface area contributed by atoms with Gasteiger partial charge in [0.1, 0.15) is 6.10 Å². The predicted molar refractivity (Wildman–Crippen MR) is 99.6 cm³/mol. The summed E-state index contributed by atoms with van der Waals surface area (Å²) in [4.78, 5) is 26.3. The quantitative estimate of drug-likeness (QED) is 0.871. The highest BCUT2D eigenvalue weighted by Crippen LogP contribution is 2.27. The summed E-state index contributed by atoms with van der Waals surface area (Å²) >= 11 is 0. The molecule has 3 rings (SSSR count). The number of carbonyl (C=O) groups excluding carboxylic acids is 2. The van der Waals surface area contributed by atoms with Gasteiger partial charge >= 0.3 is 6.03 Å². The number of nitrogens with zero attached hydrogens (tertiary/aromatic N) is 1. The molecule has 0 aromatic heterocycles. The molecule has 142 valence electrons. The largest absolute Gasteiger partial charge is 0.367 e. The van der Waals surface area contributed by atoms with Gasteiger partial charge in [0.15, 0.2) is 0 Å². The van der Waals surface area contributed by atoms with Crippen LogP contribution in [0.4, 0.5) is 4.79 Å². The SMILES string of the molecule is CNC(=O)C1CCC(NC(=O)N2CC(C)OC(c3ccccc3)C2)CC1. The van der Waals surface area contributed by atoms with Crippen molar-refractivity contribution >= 4 is 11.9 Å². The number of carbonyl (C=O) groups is 2. The number of nitrogens with one attached hydrogen (secondary N) is 2. The van der Waals surface area contributed by atoms with E-state index in [9.17, 15) is 9.59 Å². The standard InChI is InChI=1S/C20H29N3O3/c1-14-12-23(13-18(26-14)15-6-4-3-5-7-15)20(25)22-17-10-8-16(9-11-17)19(24)21-2/h3-7,14,16-18H,8-13H2,1-2H3,(H,21,24)(H,22,25). The molecule has 1 aromatic rings. The van der Waals surface area contributed by atoms with Crippen molar-refractivity contribution in [3.63, 3.8) is 0 Å². The first-order valence-electron chi connectivity index (χ1n) is 9.54. The van der Waals surface area contributed by atoms with Crippen LogP contribution in [-0.2, 0) is 9.53 Å². The van der Waals surface area contributed by atoms with Crippen molar-refractivity contribution in [1.82, 2.24) is 15.5 Å². The van der Waals surface area contributed by atoms with Crippen LogP contribution >= 0.6 is 0 Å². The molecule has 2 atom stereocenters. The molecule has 1 aliphatic heterocycles. The molecule has 0 spiro atoms. The molecule has 2 fully saturated rings. The summed E-state index contributed by atoms with van der Waals surface area (Å²) < 4.78 is 6.03. The van der Waals surface area contributed by atoms with Crippen LogP contribution in [0.15, 0.2) is 30.3 Å². The Balaban J connectivity index is 1.53. The van der Waals surface area contributed by atoms with Gasteiger partial charge in [-0.15, -0.1) is 0 Å². The van der Waals surface area contributed by atoms with Crippen LogP contribution in [0.3, 0.4) is 0 Å². The Morgan fingerprint density at radius 3 is 2.42 bits per heavy atom. The average molecular weight is 359 g/mol. The highest BCUT2D eigenvalue weighted by atomic mass is 16.5. The number of amides is 3.